The molecule has 228 valence electrons. The number of ether oxygens (including phenoxy) is 1. The highest BCUT2D eigenvalue weighted by Gasteiger charge is 2.17. The number of nitrogens with two attached hydrogens (primary N) is 2. The van der Waals surface area contributed by atoms with Crippen molar-refractivity contribution in [1.29, 1.82) is 0 Å². The van der Waals surface area contributed by atoms with Crippen LogP contribution in [0.25, 0.3) is 0 Å². The lowest BCUT2D eigenvalue weighted by molar-refractivity contribution is -0.124. The molecule has 0 spiro atoms. The van der Waals surface area contributed by atoms with Crippen molar-refractivity contribution in [3.63, 3.8) is 0 Å². The van der Waals surface area contributed by atoms with E-state index in [2.05, 4.69) is 15.6 Å². The number of rotatable bonds is 24. The average Bonchev–Trinajstić information content (AvgIpc) is 3.37. The van der Waals surface area contributed by atoms with Crippen molar-refractivity contribution in [2.24, 2.45) is 23.3 Å². The second-order valence-corrected chi connectivity index (χ2v) is 11.1. The zero-order valence-corrected chi connectivity index (χ0v) is 25.0. The first-order chi connectivity index (χ1) is 19.0. The first-order valence-corrected chi connectivity index (χ1v) is 14.8. The van der Waals surface area contributed by atoms with Crippen LogP contribution in [-0.2, 0) is 36.9 Å². The van der Waals surface area contributed by atoms with Crippen molar-refractivity contribution >= 4 is 23.3 Å². The Morgan fingerprint density at radius 2 is 1.48 bits per heavy atom. The molecule has 0 fully saturated rings. The Balaban J connectivity index is 2.05. The highest BCUT2D eigenvalue weighted by molar-refractivity contribution is 5.85. The van der Waals surface area contributed by atoms with Crippen molar-refractivity contribution in [2.45, 2.75) is 117 Å². The SMILES string of the molecule is CC(C)C(=O)C(N)CCCCCC(=O)CCOCCn1cc(CCC(=O)NCCCCC(N)C(=O)C(C)C)nn1. The standard InChI is InChI=1S/C29H52N6O5/c1-21(2)28(38)25(30)11-7-5-6-10-24(36)15-18-40-19-17-35-20-23(33-34-35)13-14-27(37)32-16-9-8-12-26(31)29(39)22(3)4/h20-22,25-26H,5-19,30-31H2,1-4H3,(H,32,37). The van der Waals surface area contributed by atoms with Gasteiger partial charge in [0.05, 0.1) is 37.5 Å². The van der Waals surface area contributed by atoms with Gasteiger partial charge in [-0.25, -0.2) is 4.68 Å². The highest BCUT2D eigenvalue weighted by atomic mass is 16.5. The molecule has 40 heavy (non-hydrogen) atoms. The molecule has 0 radical (unpaired) electrons. The fraction of sp³-hybridized carbons (Fsp3) is 0.793. The van der Waals surface area contributed by atoms with Gasteiger partial charge in [0.2, 0.25) is 5.91 Å². The minimum absolute atomic E-state index is 0.0385. The van der Waals surface area contributed by atoms with Crippen LogP contribution >= 0.6 is 0 Å². The van der Waals surface area contributed by atoms with Crippen LogP contribution in [0.2, 0.25) is 0 Å². The second kappa shape index (κ2) is 20.4. The summed E-state index contributed by atoms with van der Waals surface area (Å²) < 4.78 is 7.24. The molecule has 0 bridgehead atoms. The number of amides is 1. The monoisotopic (exact) mass is 564 g/mol. The van der Waals surface area contributed by atoms with Gasteiger partial charge in [-0.3, -0.25) is 19.2 Å². The van der Waals surface area contributed by atoms with Gasteiger partial charge in [-0.1, -0.05) is 45.7 Å². The van der Waals surface area contributed by atoms with Crippen molar-refractivity contribution < 1.29 is 23.9 Å². The summed E-state index contributed by atoms with van der Waals surface area (Å²) in [5, 5.41) is 11.1. The van der Waals surface area contributed by atoms with Gasteiger partial charge in [0.15, 0.2) is 11.6 Å². The fourth-order valence-electron chi connectivity index (χ4n) is 4.18. The van der Waals surface area contributed by atoms with Crippen LogP contribution in [0, 0.1) is 11.8 Å². The third-order valence-electron chi connectivity index (χ3n) is 6.79. The molecule has 0 aromatic carbocycles. The average molecular weight is 565 g/mol. The van der Waals surface area contributed by atoms with Gasteiger partial charge < -0.3 is 21.5 Å². The summed E-state index contributed by atoms with van der Waals surface area (Å²) in [4.78, 5) is 47.7. The molecule has 0 aliphatic heterocycles. The molecule has 2 atom stereocenters. The highest BCUT2D eigenvalue weighted by Crippen LogP contribution is 2.10. The molecule has 0 aliphatic carbocycles. The van der Waals surface area contributed by atoms with E-state index in [0.717, 1.165) is 37.8 Å². The summed E-state index contributed by atoms with van der Waals surface area (Å²) in [6.07, 6.45) is 8.95. The molecule has 1 amide bonds. The molecule has 5 N–H and O–H groups in total. The lowest BCUT2D eigenvalue weighted by Crippen LogP contribution is -2.33. The van der Waals surface area contributed by atoms with Gasteiger partial charge in [-0.2, -0.15) is 0 Å². The Morgan fingerprint density at radius 3 is 2.10 bits per heavy atom. The number of unbranched alkanes of at least 4 members (excludes halogenated alkanes) is 3. The molecule has 1 aromatic rings. The van der Waals surface area contributed by atoms with Gasteiger partial charge >= 0.3 is 0 Å². The van der Waals surface area contributed by atoms with Crippen LogP contribution in [0.3, 0.4) is 0 Å². The lowest BCUT2D eigenvalue weighted by atomic mass is 9.97. The summed E-state index contributed by atoms with van der Waals surface area (Å²) in [5.74, 6) is 0.214. The van der Waals surface area contributed by atoms with Gasteiger partial charge in [0.1, 0.15) is 5.78 Å². The lowest BCUT2D eigenvalue weighted by Gasteiger charge is -2.12. The molecule has 2 unspecified atom stereocenters. The summed E-state index contributed by atoms with van der Waals surface area (Å²) in [5.41, 5.74) is 12.5. The van der Waals surface area contributed by atoms with E-state index in [0.29, 0.717) is 64.8 Å². The topological polar surface area (TPSA) is 172 Å². The van der Waals surface area contributed by atoms with E-state index in [1.165, 1.54) is 0 Å². The van der Waals surface area contributed by atoms with Gasteiger partial charge in [-0.05, 0) is 32.1 Å². The Morgan fingerprint density at radius 1 is 0.850 bits per heavy atom. The first kappa shape index (κ1) is 35.5. The molecule has 0 saturated carbocycles. The molecule has 1 aromatic heterocycles. The summed E-state index contributed by atoms with van der Waals surface area (Å²) in [6, 6.07) is -0.823. The molecule has 1 heterocycles. The summed E-state index contributed by atoms with van der Waals surface area (Å²) >= 11 is 0. The molecule has 11 nitrogen and oxygen atoms in total. The van der Waals surface area contributed by atoms with E-state index in [-0.39, 0.29) is 35.1 Å². The van der Waals surface area contributed by atoms with E-state index in [9.17, 15) is 19.2 Å². The maximum absolute atomic E-state index is 12.1. The van der Waals surface area contributed by atoms with E-state index >= 15 is 0 Å². The Kier molecular flexibility index (Phi) is 18.1. The molecular weight excluding hydrogens is 512 g/mol. The van der Waals surface area contributed by atoms with Crippen LogP contribution in [0.15, 0.2) is 6.20 Å². The third-order valence-corrected chi connectivity index (χ3v) is 6.79. The molecular formula is C29H52N6O5. The van der Waals surface area contributed by atoms with E-state index in [1.807, 2.05) is 27.7 Å². The summed E-state index contributed by atoms with van der Waals surface area (Å²) in [6.45, 7) is 9.29. The van der Waals surface area contributed by atoms with E-state index < -0.39 is 12.1 Å². The molecule has 1 rings (SSSR count). The van der Waals surface area contributed by atoms with Gasteiger partial charge in [-0.15, -0.1) is 5.10 Å². The number of aryl methyl sites for hydroxylation is 1. The first-order valence-electron chi connectivity index (χ1n) is 14.8. The van der Waals surface area contributed by atoms with E-state index in [4.69, 9.17) is 16.2 Å². The normalized spacial score (nSPS) is 13.0. The zero-order chi connectivity index (χ0) is 29.9. The van der Waals surface area contributed by atoms with Gasteiger partial charge in [0.25, 0.3) is 0 Å². The minimum Gasteiger partial charge on any atom is -0.379 e. The second-order valence-electron chi connectivity index (χ2n) is 11.1. The van der Waals surface area contributed by atoms with Crippen molar-refractivity contribution in [3.8, 4) is 0 Å². The Hall–Kier alpha value is -2.50. The Bertz CT molecular complexity index is 901. The number of carbonyl (C=O) groups is 4. The van der Waals surface area contributed by atoms with Crippen molar-refractivity contribution in [1.82, 2.24) is 20.3 Å². The number of nitrogens with zero attached hydrogens (tertiary/aromatic N) is 3. The van der Waals surface area contributed by atoms with Crippen LogP contribution in [-0.4, -0.2) is 70.1 Å². The third kappa shape index (κ3) is 15.9. The number of ketones is 3. The van der Waals surface area contributed by atoms with Gasteiger partial charge in [0, 0.05) is 50.3 Å². The minimum atomic E-state index is -0.424. The smallest absolute Gasteiger partial charge is 0.220 e. The number of hydrogen-bond donors (Lipinski definition) is 3. The number of Topliss-reactive ketones (excluding diaryl/α,β-unsaturated/α-hetero) is 3. The number of nitrogens with one attached hydrogen (secondary N) is 1. The zero-order valence-electron chi connectivity index (χ0n) is 25.0. The molecule has 11 heteroatoms. The summed E-state index contributed by atoms with van der Waals surface area (Å²) in [7, 11) is 0. The van der Waals surface area contributed by atoms with E-state index in [1.54, 1.807) is 10.9 Å². The molecule has 0 aliphatic rings. The number of carbonyl (C=O) groups excluding carboxylic acids is 4. The largest absolute Gasteiger partial charge is 0.379 e. The predicted molar refractivity (Wildman–Crippen MR) is 154 cm³/mol. The van der Waals surface area contributed by atoms with Crippen molar-refractivity contribution in [2.75, 3.05) is 19.8 Å². The fourth-order valence-corrected chi connectivity index (χ4v) is 4.18. The van der Waals surface area contributed by atoms with Crippen LogP contribution in [0.4, 0.5) is 0 Å². The molecule has 0 saturated heterocycles. The van der Waals surface area contributed by atoms with Crippen LogP contribution in [0.1, 0.15) is 97.6 Å². The number of hydrogen-bond acceptors (Lipinski definition) is 9. The maximum atomic E-state index is 12.1. The van der Waals surface area contributed by atoms with Crippen LogP contribution in [0.5, 0.6) is 0 Å². The quantitative estimate of drug-likeness (QED) is 0.159. The Labute approximate surface area is 239 Å². The predicted octanol–water partition coefficient (Wildman–Crippen LogP) is 2.53. The van der Waals surface area contributed by atoms with Crippen LogP contribution < -0.4 is 16.8 Å². The van der Waals surface area contributed by atoms with Crippen molar-refractivity contribution in [3.05, 3.63) is 11.9 Å². The number of aromatic nitrogens is 3. The maximum Gasteiger partial charge on any atom is 0.220 e.